The fourth-order valence-corrected chi connectivity index (χ4v) is 2.41. The molecule has 0 fully saturated rings. The summed E-state index contributed by atoms with van der Waals surface area (Å²) in [5, 5.41) is 0.527. The fraction of sp³-hybridized carbons (Fsp3) is 0.368. The molecule has 0 unspecified atom stereocenters. The van der Waals surface area contributed by atoms with E-state index in [-0.39, 0.29) is 11.1 Å². The minimum Gasteiger partial charge on any atom is -0.490 e. The number of hydrogen-bond acceptors (Lipinski definition) is 5. The predicted octanol–water partition coefficient (Wildman–Crippen LogP) is 3.91. The van der Waals surface area contributed by atoms with Crippen LogP contribution in [0.1, 0.15) is 31.2 Å². The molecule has 0 aliphatic carbocycles. The van der Waals surface area contributed by atoms with Gasteiger partial charge < -0.3 is 13.9 Å². The highest BCUT2D eigenvalue weighted by atomic mass is 19.1. The number of benzene rings is 1. The maximum atomic E-state index is 13.6. The summed E-state index contributed by atoms with van der Waals surface area (Å²) in [5.74, 6) is -0.855. The second-order valence-electron chi connectivity index (χ2n) is 5.60. The highest BCUT2D eigenvalue weighted by Gasteiger charge is 2.13. The minimum atomic E-state index is -0.991. The van der Waals surface area contributed by atoms with Crippen LogP contribution in [0.3, 0.4) is 0 Å². The quantitative estimate of drug-likeness (QED) is 0.297. The van der Waals surface area contributed by atoms with Crippen LogP contribution >= 0.6 is 0 Å². The van der Waals surface area contributed by atoms with Crippen LogP contribution in [-0.4, -0.2) is 19.2 Å². The largest absolute Gasteiger partial charge is 0.490 e. The molecular formula is C19H21FO5. The first-order chi connectivity index (χ1) is 12.0. The van der Waals surface area contributed by atoms with E-state index >= 15 is 0 Å². The van der Waals surface area contributed by atoms with Crippen LogP contribution in [0.2, 0.25) is 0 Å². The Morgan fingerprint density at radius 3 is 2.68 bits per heavy atom. The molecule has 2 aromatic rings. The molecule has 0 aliphatic heterocycles. The van der Waals surface area contributed by atoms with Gasteiger partial charge in [-0.25, -0.2) is 9.59 Å². The second-order valence-corrected chi connectivity index (χ2v) is 5.60. The van der Waals surface area contributed by atoms with Crippen molar-refractivity contribution in [2.45, 2.75) is 32.6 Å². The van der Waals surface area contributed by atoms with Crippen molar-refractivity contribution in [2.75, 3.05) is 13.2 Å². The van der Waals surface area contributed by atoms with Crippen molar-refractivity contribution in [3.8, 4) is 5.75 Å². The summed E-state index contributed by atoms with van der Waals surface area (Å²) in [5.41, 5.74) is -0.469. The molecular weight excluding hydrogens is 327 g/mol. The van der Waals surface area contributed by atoms with Gasteiger partial charge in [0.05, 0.1) is 13.2 Å². The molecule has 6 heteroatoms. The first-order valence-electron chi connectivity index (χ1n) is 8.18. The molecule has 0 saturated heterocycles. The van der Waals surface area contributed by atoms with Gasteiger partial charge in [-0.3, -0.25) is 0 Å². The summed E-state index contributed by atoms with van der Waals surface area (Å²) in [6, 6.07) is 5.11. The van der Waals surface area contributed by atoms with Crippen LogP contribution in [0.15, 0.2) is 40.1 Å². The van der Waals surface area contributed by atoms with Gasteiger partial charge in [-0.1, -0.05) is 18.7 Å². The van der Waals surface area contributed by atoms with E-state index in [4.69, 9.17) is 13.9 Å². The van der Waals surface area contributed by atoms with Crippen LogP contribution in [-0.2, 0) is 9.53 Å². The summed E-state index contributed by atoms with van der Waals surface area (Å²) in [7, 11) is 0. The van der Waals surface area contributed by atoms with E-state index in [2.05, 4.69) is 6.58 Å². The lowest BCUT2D eigenvalue weighted by Crippen LogP contribution is -2.08. The average Bonchev–Trinajstić information content (AvgIpc) is 2.62. The van der Waals surface area contributed by atoms with Crippen LogP contribution in [0.25, 0.3) is 11.0 Å². The third kappa shape index (κ3) is 4.92. The van der Waals surface area contributed by atoms with Gasteiger partial charge in [0, 0.05) is 17.0 Å². The van der Waals surface area contributed by atoms with Crippen LogP contribution in [0.5, 0.6) is 5.75 Å². The molecule has 0 radical (unpaired) electrons. The summed E-state index contributed by atoms with van der Waals surface area (Å²) in [4.78, 5) is 22.4. The SMILES string of the molecule is C=CC(=O)OCCCCCCOc1cccc2c(C)c(F)c(=O)oc12. The lowest BCUT2D eigenvalue weighted by atomic mass is 10.1. The first-order valence-corrected chi connectivity index (χ1v) is 8.18. The van der Waals surface area contributed by atoms with Crippen molar-refractivity contribution in [3.63, 3.8) is 0 Å². The number of esters is 1. The van der Waals surface area contributed by atoms with Crippen LogP contribution < -0.4 is 10.4 Å². The number of unbranched alkanes of at least 4 members (excludes halogenated alkanes) is 3. The molecule has 0 N–H and O–H groups in total. The van der Waals surface area contributed by atoms with Crippen LogP contribution in [0.4, 0.5) is 4.39 Å². The molecule has 2 rings (SSSR count). The van der Waals surface area contributed by atoms with Crippen molar-refractivity contribution in [1.29, 1.82) is 0 Å². The molecule has 25 heavy (non-hydrogen) atoms. The summed E-state index contributed by atoms with van der Waals surface area (Å²) in [6.07, 6.45) is 4.54. The zero-order chi connectivity index (χ0) is 18.2. The number of fused-ring (bicyclic) bond motifs is 1. The molecule has 1 heterocycles. The van der Waals surface area contributed by atoms with E-state index < -0.39 is 17.4 Å². The highest BCUT2D eigenvalue weighted by Crippen LogP contribution is 2.27. The molecule has 134 valence electrons. The predicted molar refractivity (Wildman–Crippen MR) is 92.3 cm³/mol. The molecule has 1 aromatic carbocycles. The Morgan fingerprint density at radius 1 is 1.24 bits per heavy atom. The molecule has 5 nitrogen and oxygen atoms in total. The molecule has 0 bridgehead atoms. The maximum absolute atomic E-state index is 13.6. The Hall–Kier alpha value is -2.63. The minimum absolute atomic E-state index is 0.255. The number of carbonyl (C=O) groups excluding carboxylic acids is 1. The zero-order valence-electron chi connectivity index (χ0n) is 14.2. The van der Waals surface area contributed by atoms with Crippen molar-refractivity contribution in [1.82, 2.24) is 0 Å². The number of carbonyl (C=O) groups is 1. The van der Waals surface area contributed by atoms with E-state index in [0.717, 1.165) is 31.8 Å². The summed E-state index contributed by atoms with van der Waals surface area (Å²) < 4.78 is 29.2. The number of rotatable bonds is 9. The Morgan fingerprint density at radius 2 is 1.96 bits per heavy atom. The lowest BCUT2D eigenvalue weighted by molar-refractivity contribution is -0.137. The fourth-order valence-electron chi connectivity index (χ4n) is 2.41. The first kappa shape index (κ1) is 18.7. The van der Waals surface area contributed by atoms with Gasteiger partial charge in [0.2, 0.25) is 5.82 Å². The summed E-state index contributed by atoms with van der Waals surface area (Å²) in [6.45, 7) is 5.70. The maximum Gasteiger partial charge on any atom is 0.373 e. The van der Waals surface area contributed by atoms with E-state index in [0.29, 0.717) is 24.3 Å². The Balaban J connectivity index is 1.83. The van der Waals surface area contributed by atoms with Gasteiger partial charge in [0.1, 0.15) is 0 Å². The standard InChI is InChI=1S/C19H21FO5/c1-3-16(21)24-12-7-5-4-6-11-23-15-10-8-9-14-13(2)17(20)19(22)25-18(14)15/h3,8-10H,1,4-7,11-12H2,2H3. The van der Waals surface area contributed by atoms with Crippen molar-refractivity contribution < 1.29 is 23.1 Å². The number of ether oxygens (including phenoxy) is 2. The second kappa shape index (κ2) is 9.01. The Kier molecular flexibility index (Phi) is 6.74. The molecule has 0 atom stereocenters. The Bertz CT molecular complexity index is 809. The molecule has 1 aromatic heterocycles. The molecule has 0 aliphatic rings. The van der Waals surface area contributed by atoms with Gasteiger partial charge in [-0.05, 0) is 38.7 Å². The highest BCUT2D eigenvalue weighted by molar-refractivity contribution is 5.85. The normalized spacial score (nSPS) is 10.6. The average molecular weight is 348 g/mol. The van der Waals surface area contributed by atoms with Gasteiger partial charge in [-0.2, -0.15) is 4.39 Å². The van der Waals surface area contributed by atoms with E-state index in [1.54, 1.807) is 18.2 Å². The molecule has 0 saturated carbocycles. The van der Waals surface area contributed by atoms with E-state index in [1.165, 1.54) is 6.92 Å². The number of para-hydroxylation sites is 1. The van der Waals surface area contributed by atoms with Crippen LogP contribution in [0, 0.1) is 12.7 Å². The lowest BCUT2D eigenvalue weighted by Gasteiger charge is -2.09. The smallest absolute Gasteiger partial charge is 0.373 e. The van der Waals surface area contributed by atoms with Crippen molar-refractivity contribution in [3.05, 3.63) is 52.7 Å². The van der Waals surface area contributed by atoms with Crippen molar-refractivity contribution in [2.24, 2.45) is 0 Å². The van der Waals surface area contributed by atoms with Gasteiger partial charge in [0.15, 0.2) is 11.3 Å². The number of aryl methyl sites for hydroxylation is 1. The van der Waals surface area contributed by atoms with Gasteiger partial charge in [-0.15, -0.1) is 0 Å². The molecule has 0 spiro atoms. The summed E-state index contributed by atoms with van der Waals surface area (Å²) >= 11 is 0. The van der Waals surface area contributed by atoms with Gasteiger partial charge >= 0.3 is 11.6 Å². The number of halogens is 1. The van der Waals surface area contributed by atoms with Crippen molar-refractivity contribution >= 4 is 16.9 Å². The van der Waals surface area contributed by atoms with E-state index in [9.17, 15) is 14.0 Å². The van der Waals surface area contributed by atoms with E-state index in [1.807, 2.05) is 0 Å². The monoisotopic (exact) mass is 348 g/mol. The third-order valence-electron chi connectivity index (χ3n) is 3.79. The Labute approximate surface area is 145 Å². The topological polar surface area (TPSA) is 65.7 Å². The third-order valence-corrected chi connectivity index (χ3v) is 3.79. The number of hydrogen-bond donors (Lipinski definition) is 0. The zero-order valence-corrected chi connectivity index (χ0v) is 14.2. The van der Waals surface area contributed by atoms with Gasteiger partial charge in [0.25, 0.3) is 0 Å². The molecule has 0 amide bonds.